The molecular formula is C9H4F3N2O3S-. The van der Waals surface area contributed by atoms with E-state index in [0.29, 0.717) is 11.3 Å². The van der Waals surface area contributed by atoms with E-state index in [1.807, 2.05) is 0 Å². The first-order valence-corrected chi connectivity index (χ1v) is 5.35. The first-order valence-electron chi connectivity index (χ1n) is 4.53. The summed E-state index contributed by atoms with van der Waals surface area (Å²) in [6.07, 6.45) is -4.80. The number of carboxylic acids is 1. The van der Waals surface area contributed by atoms with Crippen molar-refractivity contribution in [2.24, 2.45) is 0 Å². The van der Waals surface area contributed by atoms with Crippen molar-refractivity contribution >= 4 is 27.5 Å². The largest absolute Gasteiger partial charge is 0.544 e. The maximum absolute atomic E-state index is 12.4. The predicted molar refractivity (Wildman–Crippen MR) is 54.3 cm³/mol. The van der Waals surface area contributed by atoms with Crippen molar-refractivity contribution in [3.63, 3.8) is 0 Å². The molecule has 0 aliphatic heterocycles. The fourth-order valence-electron chi connectivity index (χ4n) is 1.47. The Morgan fingerprint density at radius 3 is 2.56 bits per heavy atom. The third-order valence-corrected chi connectivity index (χ3v) is 3.42. The maximum atomic E-state index is 12.4. The van der Waals surface area contributed by atoms with Gasteiger partial charge in [0.1, 0.15) is 4.83 Å². The lowest BCUT2D eigenvalue weighted by atomic mass is 10.2. The van der Waals surface area contributed by atoms with Gasteiger partial charge in [-0.2, -0.15) is 13.2 Å². The summed E-state index contributed by atoms with van der Waals surface area (Å²) < 4.78 is 37.2. The number of carboxylic acid groups (broad SMARTS) is 1. The summed E-state index contributed by atoms with van der Waals surface area (Å²) in [5, 5.41) is 10.6. The second-order valence-electron chi connectivity index (χ2n) is 3.44. The Morgan fingerprint density at radius 1 is 1.44 bits per heavy atom. The Kier molecular flexibility index (Phi) is 2.65. The number of alkyl halides is 3. The Hall–Kier alpha value is -1.90. The van der Waals surface area contributed by atoms with Gasteiger partial charge in [0.25, 0.3) is 5.56 Å². The summed E-state index contributed by atoms with van der Waals surface area (Å²) in [7, 11) is 0. The number of aryl methyl sites for hydroxylation is 1. The standard InChI is InChI=1S/C9H5F3N2O3S/c1-2-3-5(15)13-8(9(10,11)12)14-6(3)18-4(2)7(16)17/h1H3,(H,16,17)(H,13,14,15)/p-1. The van der Waals surface area contributed by atoms with Crippen molar-refractivity contribution in [1.82, 2.24) is 9.97 Å². The van der Waals surface area contributed by atoms with Crippen molar-refractivity contribution < 1.29 is 23.1 Å². The zero-order valence-electron chi connectivity index (χ0n) is 8.71. The first-order chi connectivity index (χ1) is 8.21. The van der Waals surface area contributed by atoms with E-state index in [2.05, 4.69) is 4.98 Å². The van der Waals surface area contributed by atoms with E-state index in [-0.39, 0.29) is 20.7 Å². The van der Waals surface area contributed by atoms with Gasteiger partial charge in [-0.3, -0.25) is 4.79 Å². The van der Waals surface area contributed by atoms with E-state index < -0.39 is 23.5 Å². The Labute approximate surface area is 101 Å². The van der Waals surface area contributed by atoms with Crippen LogP contribution >= 0.6 is 11.3 Å². The van der Waals surface area contributed by atoms with Gasteiger partial charge >= 0.3 is 6.18 Å². The van der Waals surface area contributed by atoms with Crippen LogP contribution in [-0.2, 0) is 6.18 Å². The van der Waals surface area contributed by atoms with Crippen molar-refractivity contribution in [3.05, 3.63) is 26.6 Å². The van der Waals surface area contributed by atoms with E-state index >= 15 is 0 Å². The number of H-pyrrole nitrogens is 1. The lowest BCUT2D eigenvalue weighted by Gasteiger charge is -2.04. The molecular weight excluding hydrogens is 273 g/mol. The number of fused-ring (bicyclic) bond motifs is 1. The zero-order chi connectivity index (χ0) is 13.7. The van der Waals surface area contributed by atoms with Crippen LogP contribution in [0.2, 0.25) is 0 Å². The van der Waals surface area contributed by atoms with Crippen molar-refractivity contribution in [3.8, 4) is 0 Å². The number of rotatable bonds is 1. The normalized spacial score (nSPS) is 12.0. The van der Waals surface area contributed by atoms with Gasteiger partial charge in [-0.05, 0) is 12.5 Å². The molecule has 0 amide bonds. The number of halogens is 3. The van der Waals surface area contributed by atoms with Crippen LogP contribution in [0, 0.1) is 6.92 Å². The van der Waals surface area contributed by atoms with Gasteiger partial charge in [-0.1, -0.05) is 0 Å². The third-order valence-electron chi connectivity index (χ3n) is 2.25. The van der Waals surface area contributed by atoms with Gasteiger partial charge in [-0.25, -0.2) is 4.98 Å². The molecule has 2 rings (SSSR count). The molecule has 0 aliphatic carbocycles. The molecule has 0 unspecified atom stereocenters. The van der Waals surface area contributed by atoms with Gasteiger partial charge < -0.3 is 14.9 Å². The summed E-state index contributed by atoms with van der Waals surface area (Å²) in [6.45, 7) is 1.31. The van der Waals surface area contributed by atoms with Crippen LogP contribution in [0.5, 0.6) is 0 Å². The lowest BCUT2D eigenvalue weighted by Crippen LogP contribution is -2.22. The summed E-state index contributed by atoms with van der Waals surface area (Å²) >= 11 is 0.483. The van der Waals surface area contributed by atoms with Crippen molar-refractivity contribution in [1.29, 1.82) is 0 Å². The molecule has 18 heavy (non-hydrogen) atoms. The highest BCUT2D eigenvalue weighted by Gasteiger charge is 2.35. The van der Waals surface area contributed by atoms with Crippen molar-refractivity contribution in [2.75, 3.05) is 0 Å². The lowest BCUT2D eigenvalue weighted by molar-refractivity contribution is -0.254. The molecule has 0 fully saturated rings. The highest BCUT2D eigenvalue weighted by atomic mass is 32.1. The van der Waals surface area contributed by atoms with E-state index in [0.717, 1.165) is 0 Å². The Balaban J connectivity index is 2.84. The monoisotopic (exact) mass is 277 g/mol. The number of aromatic carboxylic acids is 1. The quantitative estimate of drug-likeness (QED) is 0.830. The molecule has 0 radical (unpaired) electrons. The molecule has 1 N–H and O–H groups in total. The van der Waals surface area contributed by atoms with Gasteiger partial charge in [0.05, 0.1) is 16.2 Å². The second-order valence-corrected chi connectivity index (χ2v) is 4.44. The number of aromatic nitrogens is 2. The minimum atomic E-state index is -4.80. The van der Waals surface area contributed by atoms with E-state index in [4.69, 9.17) is 0 Å². The first kappa shape index (κ1) is 12.6. The van der Waals surface area contributed by atoms with Crippen molar-refractivity contribution in [2.45, 2.75) is 13.1 Å². The highest BCUT2D eigenvalue weighted by Crippen LogP contribution is 2.30. The second kappa shape index (κ2) is 3.80. The average molecular weight is 277 g/mol. The highest BCUT2D eigenvalue weighted by molar-refractivity contribution is 7.20. The summed E-state index contributed by atoms with van der Waals surface area (Å²) in [5.41, 5.74) is -0.967. The smallest absolute Gasteiger partial charge is 0.449 e. The number of hydrogen-bond donors (Lipinski definition) is 1. The SMILES string of the molecule is Cc1c(C(=O)[O-])sc2nc(C(F)(F)F)[nH]c(=O)c12. The van der Waals surface area contributed by atoms with Gasteiger partial charge in [0.2, 0.25) is 5.82 Å². The van der Waals surface area contributed by atoms with Crippen LogP contribution in [0.25, 0.3) is 10.2 Å². The van der Waals surface area contributed by atoms with E-state index in [9.17, 15) is 27.9 Å². The molecule has 5 nitrogen and oxygen atoms in total. The molecule has 2 aromatic heterocycles. The number of nitrogens with one attached hydrogen (secondary N) is 1. The zero-order valence-corrected chi connectivity index (χ0v) is 9.53. The summed E-state index contributed by atoms with van der Waals surface area (Å²) in [4.78, 5) is 26.4. The minimum absolute atomic E-state index is 0.0532. The number of aromatic amines is 1. The fraction of sp³-hybridized carbons (Fsp3) is 0.222. The number of carbonyl (C=O) groups excluding carboxylic acids is 1. The molecule has 0 aromatic carbocycles. The maximum Gasteiger partial charge on any atom is 0.449 e. The van der Waals surface area contributed by atoms with Crippen LogP contribution in [0.3, 0.4) is 0 Å². The molecule has 0 atom stereocenters. The Morgan fingerprint density at radius 2 is 2.06 bits per heavy atom. The minimum Gasteiger partial charge on any atom is -0.544 e. The van der Waals surface area contributed by atoms with Crippen LogP contribution in [0.1, 0.15) is 21.1 Å². The number of carbonyl (C=O) groups is 1. The van der Waals surface area contributed by atoms with E-state index in [1.54, 1.807) is 4.98 Å². The molecule has 2 heterocycles. The van der Waals surface area contributed by atoms with Gasteiger partial charge in [0.15, 0.2) is 0 Å². The van der Waals surface area contributed by atoms with Crippen LogP contribution < -0.4 is 10.7 Å². The third kappa shape index (κ3) is 1.86. The van der Waals surface area contributed by atoms with E-state index in [1.165, 1.54) is 6.92 Å². The number of nitrogens with zero attached hydrogens (tertiary/aromatic N) is 1. The molecule has 0 saturated carbocycles. The van der Waals surface area contributed by atoms with Gasteiger partial charge in [-0.15, -0.1) is 11.3 Å². The molecule has 9 heteroatoms. The summed E-state index contributed by atoms with van der Waals surface area (Å²) in [5.74, 6) is -3.00. The molecule has 0 spiro atoms. The van der Waals surface area contributed by atoms with Crippen LogP contribution in [0.4, 0.5) is 13.2 Å². The molecule has 96 valence electrons. The molecule has 0 aliphatic rings. The Bertz CT molecular complexity index is 701. The van der Waals surface area contributed by atoms with Gasteiger partial charge in [0, 0.05) is 0 Å². The summed E-state index contributed by atoms with van der Waals surface area (Å²) in [6, 6.07) is 0. The topological polar surface area (TPSA) is 85.9 Å². The number of thiophene rings is 1. The average Bonchev–Trinajstić information content (AvgIpc) is 2.55. The number of hydrogen-bond acceptors (Lipinski definition) is 5. The fourth-order valence-corrected chi connectivity index (χ4v) is 2.49. The van der Waals surface area contributed by atoms with Crippen LogP contribution in [0.15, 0.2) is 4.79 Å². The molecule has 0 bridgehead atoms. The van der Waals surface area contributed by atoms with Crippen LogP contribution in [-0.4, -0.2) is 15.9 Å². The molecule has 2 aromatic rings. The predicted octanol–water partition coefficient (Wildman–Crippen LogP) is 0.675. The molecule has 0 saturated heterocycles.